The van der Waals surface area contributed by atoms with Crippen molar-refractivity contribution in [1.82, 2.24) is 15.2 Å². The van der Waals surface area contributed by atoms with Crippen molar-refractivity contribution in [2.75, 3.05) is 16.4 Å². The van der Waals surface area contributed by atoms with Gasteiger partial charge in [-0.3, -0.25) is 14.7 Å². The lowest BCUT2D eigenvalue weighted by molar-refractivity contribution is -0.114. The van der Waals surface area contributed by atoms with E-state index in [1.54, 1.807) is 12.1 Å². The fourth-order valence-electron chi connectivity index (χ4n) is 4.21. The number of benzene rings is 1. The van der Waals surface area contributed by atoms with Crippen LogP contribution in [-0.4, -0.2) is 32.7 Å². The van der Waals surface area contributed by atoms with E-state index >= 15 is 0 Å². The number of nitrogens with zero attached hydrogens (tertiary/aromatic N) is 3. The highest BCUT2D eigenvalue weighted by Gasteiger charge is 2.32. The first kappa shape index (κ1) is 24.9. The van der Waals surface area contributed by atoms with Crippen molar-refractivity contribution in [3.8, 4) is 17.5 Å². The summed E-state index contributed by atoms with van der Waals surface area (Å²) in [5.41, 5.74) is 3.36. The number of fused-ring (bicyclic) bond motifs is 1. The normalized spacial score (nSPS) is 15.2. The maximum absolute atomic E-state index is 12.7. The van der Waals surface area contributed by atoms with Crippen molar-refractivity contribution in [3.63, 3.8) is 0 Å². The molecule has 3 aromatic rings. The number of hydrogen-bond donors (Lipinski definition) is 3. The van der Waals surface area contributed by atoms with Gasteiger partial charge in [-0.05, 0) is 48.3 Å². The van der Waals surface area contributed by atoms with E-state index in [0.717, 1.165) is 30.4 Å². The van der Waals surface area contributed by atoms with Crippen LogP contribution in [0.2, 0.25) is 0 Å². The number of nitriles is 1. The number of thioether (sulfide) groups is 1. The maximum Gasteiger partial charge on any atom is 0.235 e. The van der Waals surface area contributed by atoms with Gasteiger partial charge in [0.15, 0.2) is 5.82 Å². The van der Waals surface area contributed by atoms with E-state index in [2.05, 4.69) is 52.7 Å². The molecule has 0 unspecified atom stereocenters. The van der Waals surface area contributed by atoms with Crippen LogP contribution < -0.4 is 10.6 Å². The molecule has 0 saturated heterocycles. The standard InChI is InChI=1S/C25H28N6O2S2/c1-14(32)27-17-7-5-6-15(10-17)22-29-24(31-30-22)34-13-21(33)28-23-19(12-26)18-9-8-16(25(2,3)4)11-20(18)35-23/h5-7,10,16H,8-9,11,13H2,1-4H3,(H,27,32)(H,28,33)(H,29,30,31)/t16-/m1/s1. The minimum atomic E-state index is -0.198. The zero-order chi connectivity index (χ0) is 25.2. The number of H-pyrrole nitrogens is 1. The van der Waals surface area contributed by atoms with Crippen molar-refractivity contribution < 1.29 is 9.59 Å². The Morgan fingerprint density at radius 2 is 2.11 bits per heavy atom. The monoisotopic (exact) mass is 508 g/mol. The van der Waals surface area contributed by atoms with Crippen LogP contribution in [0, 0.1) is 22.7 Å². The first-order valence-corrected chi connectivity index (χ1v) is 13.2. The maximum atomic E-state index is 12.7. The van der Waals surface area contributed by atoms with E-state index in [1.165, 1.54) is 34.9 Å². The van der Waals surface area contributed by atoms with Crippen molar-refractivity contribution in [1.29, 1.82) is 5.26 Å². The van der Waals surface area contributed by atoms with Gasteiger partial charge >= 0.3 is 0 Å². The van der Waals surface area contributed by atoms with Crippen LogP contribution in [0.3, 0.4) is 0 Å². The Kier molecular flexibility index (Phi) is 7.28. The van der Waals surface area contributed by atoms with Gasteiger partial charge in [0.1, 0.15) is 11.1 Å². The highest BCUT2D eigenvalue weighted by molar-refractivity contribution is 7.99. The molecule has 0 bridgehead atoms. The second-order valence-electron chi connectivity index (χ2n) is 9.69. The van der Waals surface area contributed by atoms with Gasteiger partial charge in [0, 0.05) is 23.1 Å². The van der Waals surface area contributed by atoms with Crippen LogP contribution in [0.25, 0.3) is 11.4 Å². The summed E-state index contributed by atoms with van der Waals surface area (Å²) in [6.07, 6.45) is 2.89. The number of thiophene rings is 1. The number of aromatic amines is 1. The molecule has 3 N–H and O–H groups in total. The Hall–Kier alpha value is -3.16. The molecule has 0 aliphatic heterocycles. The summed E-state index contributed by atoms with van der Waals surface area (Å²) in [5, 5.41) is 23.6. The molecule has 4 rings (SSSR count). The van der Waals surface area contributed by atoms with Crippen molar-refractivity contribution in [2.24, 2.45) is 11.3 Å². The summed E-state index contributed by atoms with van der Waals surface area (Å²) in [7, 11) is 0. The van der Waals surface area contributed by atoms with Crippen molar-refractivity contribution in [3.05, 3.63) is 40.3 Å². The molecule has 0 spiro atoms. The second kappa shape index (κ2) is 10.2. The average Bonchev–Trinajstić information content (AvgIpc) is 3.40. The summed E-state index contributed by atoms with van der Waals surface area (Å²) < 4.78 is 0. The summed E-state index contributed by atoms with van der Waals surface area (Å²) in [4.78, 5) is 29.6. The predicted molar refractivity (Wildman–Crippen MR) is 139 cm³/mol. The van der Waals surface area contributed by atoms with Gasteiger partial charge in [0.05, 0.1) is 11.3 Å². The third-order valence-electron chi connectivity index (χ3n) is 6.11. The summed E-state index contributed by atoms with van der Waals surface area (Å²) >= 11 is 2.75. The molecule has 1 aromatic carbocycles. The van der Waals surface area contributed by atoms with E-state index in [-0.39, 0.29) is 23.0 Å². The molecular formula is C25H28N6O2S2. The van der Waals surface area contributed by atoms with Crippen LogP contribution in [0.5, 0.6) is 0 Å². The third-order valence-corrected chi connectivity index (χ3v) is 8.13. The number of carbonyl (C=O) groups excluding carboxylic acids is 2. The van der Waals surface area contributed by atoms with Gasteiger partial charge in [-0.15, -0.1) is 16.4 Å². The lowest BCUT2D eigenvalue weighted by Gasteiger charge is -2.33. The molecule has 1 atom stereocenters. The molecule has 182 valence electrons. The molecule has 1 aliphatic rings. The lowest BCUT2D eigenvalue weighted by atomic mass is 9.72. The topological polar surface area (TPSA) is 124 Å². The third kappa shape index (κ3) is 5.92. The van der Waals surface area contributed by atoms with Gasteiger partial charge in [-0.1, -0.05) is 44.7 Å². The molecule has 2 aromatic heterocycles. The van der Waals surface area contributed by atoms with Gasteiger partial charge < -0.3 is 10.6 Å². The minimum Gasteiger partial charge on any atom is -0.326 e. The zero-order valence-electron chi connectivity index (χ0n) is 20.2. The molecule has 8 nitrogen and oxygen atoms in total. The first-order chi connectivity index (χ1) is 16.6. The second-order valence-corrected chi connectivity index (χ2v) is 11.7. The Labute approximate surface area is 212 Å². The van der Waals surface area contributed by atoms with E-state index < -0.39 is 0 Å². The van der Waals surface area contributed by atoms with Crippen molar-refractivity contribution >= 4 is 45.6 Å². The molecule has 2 heterocycles. The number of rotatable bonds is 6. The van der Waals surface area contributed by atoms with Crippen LogP contribution in [0.4, 0.5) is 10.7 Å². The van der Waals surface area contributed by atoms with Crippen LogP contribution >= 0.6 is 23.1 Å². The zero-order valence-corrected chi connectivity index (χ0v) is 21.8. The molecular weight excluding hydrogens is 480 g/mol. The van der Waals surface area contributed by atoms with Gasteiger partial charge in [0.2, 0.25) is 17.0 Å². The van der Waals surface area contributed by atoms with E-state index in [9.17, 15) is 14.9 Å². The Bertz CT molecular complexity index is 1300. The van der Waals surface area contributed by atoms with E-state index in [4.69, 9.17) is 0 Å². The summed E-state index contributed by atoms with van der Waals surface area (Å²) in [6.45, 7) is 8.23. The number of hydrogen-bond acceptors (Lipinski definition) is 7. The minimum absolute atomic E-state index is 0.126. The molecule has 2 amide bonds. The average molecular weight is 509 g/mol. The summed E-state index contributed by atoms with van der Waals surface area (Å²) in [5.74, 6) is 0.893. The molecule has 0 fully saturated rings. The molecule has 35 heavy (non-hydrogen) atoms. The largest absolute Gasteiger partial charge is 0.326 e. The SMILES string of the molecule is CC(=O)Nc1cccc(-c2nc(SCC(=O)Nc3sc4c(c3C#N)CC[C@@H](C(C)(C)C)C4)n[nH]2)c1. The predicted octanol–water partition coefficient (Wildman–Crippen LogP) is 5.25. The number of aromatic nitrogens is 3. The quantitative estimate of drug-likeness (QED) is 0.391. The Balaban J connectivity index is 1.39. The number of nitrogens with one attached hydrogen (secondary N) is 3. The van der Waals surface area contributed by atoms with E-state index in [1.807, 2.05) is 12.1 Å². The van der Waals surface area contributed by atoms with Crippen molar-refractivity contribution in [2.45, 2.75) is 52.1 Å². The highest BCUT2D eigenvalue weighted by Crippen LogP contribution is 2.44. The van der Waals surface area contributed by atoms with Crippen LogP contribution in [-0.2, 0) is 22.4 Å². The molecule has 10 heteroatoms. The molecule has 0 saturated carbocycles. The van der Waals surface area contributed by atoms with Gasteiger partial charge in [-0.25, -0.2) is 4.98 Å². The lowest BCUT2D eigenvalue weighted by Crippen LogP contribution is -2.26. The van der Waals surface area contributed by atoms with E-state index in [0.29, 0.717) is 33.2 Å². The molecule has 1 aliphatic carbocycles. The van der Waals surface area contributed by atoms with Gasteiger partial charge in [0.25, 0.3) is 0 Å². The fourth-order valence-corrected chi connectivity index (χ4v) is 6.10. The fraction of sp³-hybridized carbons (Fsp3) is 0.400. The number of anilines is 2. The highest BCUT2D eigenvalue weighted by atomic mass is 32.2. The Morgan fingerprint density at radius 1 is 1.31 bits per heavy atom. The summed E-state index contributed by atoms with van der Waals surface area (Å²) in [6, 6.07) is 9.58. The first-order valence-electron chi connectivity index (χ1n) is 11.4. The smallest absolute Gasteiger partial charge is 0.235 e. The number of carbonyl (C=O) groups is 2. The van der Waals surface area contributed by atoms with Crippen LogP contribution in [0.15, 0.2) is 29.4 Å². The Morgan fingerprint density at radius 3 is 2.83 bits per heavy atom. The number of amides is 2. The van der Waals surface area contributed by atoms with Crippen LogP contribution in [0.1, 0.15) is 50.1 Å². The molecule has 0 radical (unpaired) electrons. The van der Waals surface area contributed by atoms with Gasteiger partial charge in [-0.2, -0.15) is 5.26 Å².